The van der Waals surface area contributed by atoms with Gasteiger partial charge in [0.25, 0.3) is 0 Å². The van der Waals surface area contributed by atoms with E-state index < -0.39 is 0 Å². The molecule has 0 saturated heterocycles. The van der Waals surface area contributed by atoms with Crippen molar-refractivity contribution in [1.29, 1.82) is 0 Å². The van der Waals surface area contributed by atoms with Gasteiger partial charge in [0.2, 0.25) is 0 Å². The fourth-order valence-corrected chi connectivity index (χ4v) is 2.05. The highest BCUT2D eigenvalue weighted by Crippen LogP contribution is 2.23. The third-order valence-electron chi connectivity index (χ3n) is 3.21. The molecule has 0 spiro atoms. The molecule has 0 radical (unpaired) electrons. The predicted octanol–water partition coefficient (Wildman–Crippen LogP) is 4.58. The van der Waals surface area contributed by atoms with Gasteiger partial charge in [0.1, 0.15) is 17.2 Å². The minimum Gasteiger partial charge on any atom is -0.497 e. The monoisotopic (exact) mass is 298 g/mol. The summed E-state index contributed by atoms with van der Waals surface area (Å²) in [7, 11) is 3.31. The highest BCUT2D eigenvalue weighted by Gasteiger charge is 1.99. The molecule has 0 aliphatic heterocycles. The lowest BCUT2D eigenvalue weighted by Crippen LogP contribution is -1.95. The first-order valence-electron chi connectivity index (χ1n) is 7.39. The van der Waals surface area contributed by atoms with Crippen molar-refractivity contribution in [2.45, 2.75) is 12.8 Å². The van der Waals surface area contributed by atoms with Crippen molar-refractivity contribution in [2.24, 2.45) is 0 Å². The molecule has 2 aromatic carbocycles. The molecule has 0 aromatic heterocycles. The van der Waals surface area contributed by atoms with Gasteiger partial charge in [0.15, 0.2) is 0 Å². The molecule has 3 heteroatoms. The highest BCUT2D eigenvalue weighted by molar-refractivity contribution is 5.55. The lowest BCUT2D eigenvalue weighted by molar-refractivity contribution is 0.312. The van der Waals surface area contributed by atoms with Gasteiger partial charge in [-0.25, -0.2) is 0 Å². The van der Waals surface area contributed by atoms with Gasteiger partial charge in [0.05, 0.1) is 20.8 Å². The van der Waals surface area contributed by atoms with Gasteiger partial charge in [-0.3, -0.25) is 0 Å². The van der Waals surface area contributed by atoms with E-state index in [9.17, 15) is 0 Å². The number of unbranched alkanes of at least 4 members (excludes halogenated alkanes) is 1. The number of allylic oxidation sites excluding steroid dienone is 1. The second-order valence-electron chi connectivity index (χ2n) is 4.85. The zero-order valence-electron chi connectivity index (χ0n) is 13.1. The van der Waals surface area contributed by atoms with Crippen molar-refractivity contribution < 1.29 is 14.2 Å². The summed E-state index contributed by atoms with van der Waals surface area (Å²) < 4.78 is 16.2. The van der Waals surface area contributed by atoms with Crippen molar-refractivity contribution in [1.82, 2.24) is 0 Å². The second kappa shape index (κ2) is 8.78. The average molecular weight is 298 g/mol. The van der Waals surface area contributed by atoms with Crippen LogP contribution in [0.2, 0.25) is 0 Å². The Hall–Kier alpha value is -2.42. The summed E-state index contributed by atoms with van der Waals surface area (Å²) in [5.74, 6) is 2.52. The highest BCUT2D eigenvalue weighted by atomic mass is 16.5. The minimum atomic E-state index is 0.718. The molecule has 0 aliphatic carbocycles. The first-order valence-corrected chi connectivity index (χ1v) is 7.39. The van der Waals surface area contributed by atoms with Gasteiger partial charge in [-0.2, -0.15) is 0 Å². The van der Waals surface area contributed by atoms with E-state index in [0.29, 0.717) is 0 Å². The van der Waals surface area contributed by atoms with Crippen molar-refractivity contribution in [2.75, 3.05) is 20.8 Å². The molecular formula is C19H22O3. The number of hydrogen-bond acceptors (Lipinski definition) is 3. The van der Waals surface area contributed by atoms with Crippen LogP contribution in [0.4, 0.5) is 0 Å². The van der Waals surface area contributed by atoms with Gasteiger partial charge in [0, 0.05) is 6.07 Å². The molecule has 0 amide bonds. The summed E-state index contributed by atoms with van der Waals surface area (Å²) in [5, 5.41) is 0. The largest absolute Gasteiger partial charge is 0.497 e. The Morgan fingerprint density at radius 3 is 2.18 bits per heavy atom. The molecule has 2 aromatic rings. The van der Waals surface area contributed by atoms with Crippen LogP contribution in [0.3, 0.4) is 0 Å². The molecular weight excluding hydrogens is 276 g/mol. The van der Waals surface area contributed by atoms with Crippen LogP contribution in [0.15, 0.2) is 54.6 Å². The van der Waals surface area contributed by atoms with Crippen molar-refractivity contribution in [3.05, 3.63) is 60.2 Å². The van der Waals surface area contributed by atoms with Crippen molar-refractivity contribution >= 4 is 6.08 Å². The maximum atomic E-state index is 5.66. The molecule has 0 atom stereocenters. The van der Waals surface area contributed by atoms with Crippen LogP contribution < -0.4 is 14.2 Å². The number of rotatable bonds is 8. The summed E-state index contributed by atoms with van der Waals surface area (Å²) in [6.07, 6.45) is 6.16. The first-order chi connectivity index (χ1) is 10.8. The van der Waals surface area contributed by atoms with Crippen LogP contribution in [-0.2, 0) is 0 Å². The van der Waals surface area contributed by atoms with Crippen LogP contribution in [0, 0.1) is 0 Å². The lowest BCUT2D eigenvalue weighted by Gasteiger charge is -2.06. The average Bonchev–Trinajstić information content (AvgIpc) is 2.58. The van der Waals surface area contributed by atoms with Crippen LogP contribution in [0.5, 0.6) is 17.2 Å². The van der Waals surface area contributed by atoms with Gasteiger partial charge in [-0.15, -0.1) is 0 Å². The van der Waals surface area contributed by atoms with E-state index in [2.05, 4.69) is 12.2 Å². The minimum absolute atomic E-state index is 0.718. The van der Waals surface area contributed by atoms with Crippen LogP contribution in [0.1, 0.15) is 18.4 Å². The van der Waals surface area contributed by atoms with Crippen LogP contribution >= 0.6 is 0 Å². The smallest absolute Gasteiger partial charge is 0.123 e. The zero-order chi connectivity index (χ0) is 15.6. The van der Waals surface area contributed by atoms with Gasteiger partial charge in [-0.05, 0) is 42.7 Å². The number of benzene rings is 2. The number of ether oxygens (including phenoxy) is 3. The summed E-state index contributed by atoms with van der Waals surface area (Å²) in [6, 6.07) is 15.7. The SMILES string of the molecule is COc1cc(/C=C/CCCOc2ccccc2)cc(OC)c1. The van der Waals surface area contributed by atoms with E-state index in [-0.39, 0.29) is 0 Å². The summed E-state index contributed by atoms with van der Waals surface area (Å²) in [6.45, 7) is 0.718. The fraction of sp³-hybridized carbons (Fsp3) is 0.263. The van der Waals surface area contributed by atoms with E-state index >= 15 is 0 Å². The van der Waals surface area contributed by atoms with Gasteiger partial charge >= 0.3 is 0 Å². The summed E-state index contributed by atoms with van der Waals surface area (Å²) >= 11 is 0. The fourth-order valence-electron chi connectivity index (χ4n) is 2.05. The quantitative estimate of drug-likeness (QED) is 0.668. The van der Waals surface area contributed by atoms with E-state index in [1.807, 2.05) is 48.5 Å². The Kier molecular flexibility index (Phi) is 6.37. The molecule has 0 saturated carbocycles. The second-order valence-corrected chi connectivity index (χ2v) is 4.85. The third-order valence-corrected chi connectivity index (χ3v) is 3.21. The Bertz CT molecular complexity index is 569. The number of para-hydroxylation sites is 1. The molecule has 116 valence electrons. The van der Waals surface area contributed by atoms with E-state index in [0.717, 1.165) is 42.3 Å². The molecule has 22 heavy (non-hydrogen) atoms. The Morgan fingerprint density at radius 2 is 1.55 bits per heavy atom. The molecule has 0 heterocycles. The lowest BCUT2D eigenvalue weighted by atomic mass is 10.1. The summed E-state index contributed by atoms with van der Waals surface area (Å²) in [5.41, 5.74) is 1.07. The topological polar surface area (TPSA) is 27.7 Å². The normalized spacial score (nSPS) is 10.6. The molecule has 0 N–H and O–H groups in total. The Morgan fingerprint density at radius 1 is 0.864 bits per heavy atom. The number of methoxy groups -OCH3 is 2. The molecule has 3 nitrogen and oxygen atoms in total. The molecule has 0 fully saturated rings. The standard InChI is InChI=1S/C19H22O3/c1-20-18-13-16(14-19(15-18)21-2)9-5-4-8-12-22-17-10-6-3-7-11-17/h3,5-7,9-11,13-15H,4,8,12H2,1-2H3/b9-5+. The molecule has 2 rings (SSSR count). The zero-order valence-corrected chi connectivity index (χ0v) is 13.1. The van der Waals surface area contributed by atoms with E-state index in [4.69, 9.17) is 14.2 Å². The van der Waals surface area contributed by atoms with Crippen LogP contribution in [0.25, 0.3) is 6.08 Å². The van der Waals surface area contributed by atoms with Crippen LogP contribution in [-0.4, -0.2) is 20.8 Å². The van der Waals surface area contributed by atoms with E-state index in [1.165, 1.54) is 0 Å². The number of hydrogen-bond donors (Lipinski definition) is 0. The van der Waals surface area contributed by atoms with Crippen molar-refractivity contribution in [3.63, 3.8) is 0 Å². The maximum Gasteiger partial charge on any atom is 0.123 e. The predicted molar refractivity (Wildman–Crippen MR) is 89.8 cm³/mol. The first kappa shape index (κ1) is 16.0. The third kappa shape index (κ3) is 5.17. The molecule has 0 bridgehead atoms. The summed E-state index contributed by atoms with van der Waals surface area (Å²) in [4.78, 5) is 0. The van der Waals surface area contributed by atoms with Crippen molar-refractivity contribution in [3.8, 4) is 17.2 Å². The maximum absolute atomic E-state index is 5.66. The Labute approximate surface area is 132 Å². The molecule has 0 unspecified atom stereocenters. The van der Waals surface area contributed by atoms with Gasteiger partial charge < -0.3 is 14.2 Å². The molecule has 0 aliphatic rings. The van der Waals surface area contributed by atoms with E-state index in [1.54, 1.807) is 14.2 Å². The van der Waals surface area contributed by atoms with Gasteiger partial charge in [-0.1, -0.05) is 30.4 Å². The Balaban J connectivity index is 1.77.